The fourth-order valence-electron chi connectivity index (χ4n) is 6.63. The topological polar surface area (TPSA) is 38.7 Å². The first kappa shape index (κ1) is 26.3. The van der Waals surface area contributed by atoms with Gasteiger partial charge in [0.15, 0.2) is 11.6 Å². The Morgan fingerprint density at radius 2 is 0.864 bits per heavy atom. The lowest BCUT2D eigenvalue weighted by atomic mass is 9.67. The number of nitrogens with zero attached hydrogens (tertiary/aromatic N) is 3. The first-order valence-electron chi connectivity index (χ1n) is 14.6. The lowest BCUT2D eigenvalue weighted by molar-refractivity contribution is 0.768. The minimum Gasteiger partial charge on any atom is -0.208 e. The van der Waals surface area contributed by atoms with Crippen molar-refractivity contribution in [1.82, 2.24) is 15.0 Å². The monoisotopic (exact) mass is 583 g/mol. The maximum Gasteiger partial charge on any atom is 0.226 e. The van der Waals surface area contributed by atoms with Gasteiger partial charge in [-0.2, -0.15) is 9.97 Å². The van der Waals surface area contributed by atoms with Crippen LogP contribution in [0, 0.1) is 0 Å². The fraction of sp³-hybridized carbons (Fsp3) is 0.0250. The zero-order valence-corrected chi connectivity index (χ0v) is 24.5. The highest BCUT2D eigenvalue weighted by Gasteiger charge is 2.46. The Bertz CT molecular complexity index is 2070. The number of hydrogen-bond donors (Lipinski definition) is 0. The smallest absolute Gasteiger partial charge is 0.208 e. The molecule has 4 heteroatoms. The van der Waals surface area contributed by atoms with Gasteiger partial charge in [-0.1, -0.05) is 152 Å². The number of halogens is 1. The normalized spacial score (nSPS) is 12.8. The van der Waals surface area contributed by atoms with E-state index in [2.05, 4.69) is 137 Å². The second-order valence-corrected chi connectivity index (χ2v) is 11.3. The highest BCUT2D eigenvalue weighted by Crippen LogP contribution is 2.56. The first-order valence-corrected chi connectivity index (χ1v) is 15.0. The molecule has 3 nitrogen and oxygen atoms in total. The molecule has 0 aliphatic heterocycles. The van der Waals surface area contributed by atoms with E-state index in [0.717, 1.165) is 22.3 Å². The quantitative estimate of drug-likeness (QED) is 0.202. The van der Waals surface area contributed by atoms with Crippen molar-refractivity contribution in [2.75, 3.05) is 0 Å². The Morgan fingerprint density at radius 3 is 1.52 bits per heavy atom. The summed E-state index contributed by atoms with van der Waals surface area (Å²) in [5.41, 5.74) is 10.9. The number of fused-ring (bicyclic) bond motifs is 3. The average Bonchev–Trinajstić information content (AvgIpc) is 3.40. The zero-order valence-electron chi connectivity index (χ0n) is 23.7. The third-order valence-electron chi connectivity index (χ3n) is 8.57. The summed E-state index contributed by atoms with van der Waals surface area (Å²) >= 11 is 6.55. The molecule has 0 N–H and O–H groups in total. The van der Waals surface area contributed by atoms with Crippen molar-refractivity contribution in [2.24, 2.45) is 0 Å². The Kier molecular flexibility index (Phi) is 6.40. The molecule has 1 aliphatic rings. The molecule has 44 heavy (non-hydrogen) atoms. The predicted molar refractivity (Wildman–Crippen MR) is 178 cm³/mol. The van der Waals surface area contributed by atoms with Crippen LogP contribution in [-0.4, -0.2) is 15.0 Å². The van der Waals surface area contributed by atoms with Crippen molar-refractivity contribution < 1.29 is 0 Å². The van der Waals surface area contributed by atoms with E-state index in [0.29, 0.717) is 11.6 Å². The van der Waals surface area contributed by atoms with Gasteiger partial charge in [0.2, 0.25) is 5.28 Å². The molecular weight excluding hydrogens is 558 g/mol. The molecule has 6 aromatic carbocycles. The van der Waals surface area contributed by atoms with E-state index in [1.165, 1.54) is 33.4 Å². The minimum absolute atomic E-state index is 0.165. The van der Waals surface area contributed by atoms with Gasteiger partial charge >= 0.3 is 0 Å². The van der Waals surface area contributed by atoms with Crippen LogP contribution in [0.2, 0.25) is 5.28 Å². The Morgan fingerprint density at radius 1 is 0.386 bits per heavy atom. The molecule has 8 rings (SSSR count). The molecule has 1 heterocycles. The maximum atomic E-state index is 6.55. The zero-order chi connectivity index (χ0) is 29.5. The van der Waals surface area contributed by atoms with Gasteiger partial charge in [0.1, 0.15) is 0 Å². The lowest BCUT2D eigenvalue weighted by Crippen LogP contribution is -2.28. The molecule has 0 amide bonds. The second-order valence-electron chi connectivity index (χ2n) is 11.0. The van der Waals surface area contributed by atoms with Crippen LogP contribution in [0.5, 0.6) is 0 Å². The highest BCUT2D eigenvalue weighted by atomic mass is 35.5. The molecule has 0 saturated carbocycles. The molecule has 0 saturated heterocycles. The van der Waals surface area contributed by atoms with Crippen molar-refractivity contribution >= 4 is 11.6 Å². The Balaban J connectivity index is 1.29. The van der Waals surface area contributed by atoms with Crippen LogP contribution in [-0.2, 0) is 5.41 Å². The number of aromatic nitrogens is 3. The van der Waals surface area contributed by atoms with E-state index in [-0.39, 0.29) is 5.28 Å². The fourth-order valence-corrected chi connectivity index (χ4v) is 6.79. The molecule has 0 spiro atoms. The summed E-state index contributed by atoms with van der Waals surface area (Å²) in [6.07, 6.45) is 0. The average molecular weight is 584 g/mol. The summed E-state index contributed by atoms with van der Waals surface area (Å²) in [5.74, 6) is 1.08. The minimum atomic E-state index is -0.503. The van der Waals surface area contributed by atoms with Gasteiger partial charge < -0.3 is 0 Å². The van der Waals surface area contributed by atoms with E-state index < -0.39 is 5.41 Å². The number of hydrogen-bond acceptors (Lipinski definition) is 3. The van der Waals surface area contributed by atoms with Crippen molar-refractivity contribution in [3.05, 3.63) is 185 Å². The van der Waals surface area contributed by atoms with E-state index in [1.54, 1.807) is 0 Å². The van der Waals surface area contributed by atoms with Crippen molar-refractivity contribution in [3.8, 4) is 45.0 Å². The molecule has 0 atom stereocenters. The van der Waals surface area contributed by atoms with Crippen LogP contribution >= 0.6 is 11.6 Å². The van der Waals surface area contributed by atoms with Crippen LogP contribution in [0.1, 0.15) is 22.3 Å². The highest BCUT2D eigenvalue weighted by molar-refractivity contribution is 6.28. The SMILES string of the molecule is Clc1nc(-c2ccc(-c3ccccc3)cc2)nc(-c2ccc3c(c2)C(c2ccccc2)(c2ccccc2)c2ccccc2-3)n1. The van der Waals surface area contributed by atoms with E-state index >= 15 is 0 Å². The van der Waals surface area contributed by atoms with Crippen LogP contribution in [0.15, 0.2) is 158 Å². The number of rotatable bonds is 5. The van der Waals surface area contributed by atoms with Gasteiger partial charge in [0.05, 0.1) is 5.41 Å². The van der Waals surface area contributed by atoms with Gasteiger partial charge in [-0.25, -0.2) is 4.98 Å². The number of benzene rings is 6. The summed E-state index contributed by atoms with van der Waals surface area (Å²) in [6.45, 7) is 0. The largest absolute Gasteiger partial charge is 0.226 e. The van der Waals surface area contributed by atoms with Crippen molar-refractivity contribution in [3.63, 3.8) is 0 Å². The Labute approximate surface area is 261 Å². The second kappa shape index (κ2) is 10.7. The van der Waals surface area contributed by atoms with E-state index in [1.807, 2.05) is 30.3 Å². The molecule has 0 radical (unpaired) electrons. The molecule has 0 bridgehead atoms. The molecule has 1 aromatic heterocycles. The van der Waals surface area contributed by atoms with Crippen LogP contribution < -0.4 is 0 Å². The van der Waals surface area contributed by atoms with Crippen molar-refractivity contribution in [1.29, 1.82) is 0 Å². The van der Waals surface area contributed by atoms with Crippen LogP contribution in [0.25, 0.3) is 45.0 Å². The first-order chi connectivity index (χ1) is 21.7. The summed E-state index contributed by atoms with van der Waals surface area (Å²) in [7, 11) is 0. The summed E-state index contributed by atoms with van der Waals surface area (Å²) in [4.78, 5) is 14.0. The van der Waals surface area contributed by atoms with Crippen LogP contribution in [0.3, 0.4) is 0 Å². The summed E-state index contributed by atoms with van der Waals surface area (Å²) in [6, 6.07) is 55.3. The van der Waals surface area contributed by atoms with Gasteiger partial charge in [-0.15, -0.1) is 0 Å². The van der Waals surface area contributed by atoms with Gasteiger partial charge in [-0.3, -0.25) is 0 Å². The predicted octanol–water partition coefficient (Wildman–Crippen LogP) is 9.89. The third kappa shape index (κ3) is 4.24. The van der Waals surface area contributed by atoms with Gasteiger partial charge in [0, 0.05) is 11.1 Å². The molecular formula is C40H26ClN3. The lowest BCUT2D eigenvalue weighted by Gasteiger charge is -2.34. The molecule has 1 aliphatic carbocycles. The van der Waals surface area contributed by atoms with Crippen molar-refractivity contribution in [2.45, 2.75) is 5.41 Å². The molecule has 0 fully saturated rings. The maximum absolute atomic E-state index is 6.55. The summed E-state index contributed by atoms with van der Waals surface area (Å²) < 4.78 is 0. The van der Waals surface area contributed by atoms with Gasteiger partial charge in [0.25, 0.3) is 0 Å². The van der Waals surface area contributed by atoms with E-state index in [9.17, 15) is 0 Å². The standard InChI is InChI=1S/C40H26ClN3/c41-39-43-37(29-22-20-28(21-23-29)27-12-4-1-5-13-27)42-38(44-39)30-24-25-34-33-18-10-11-19-35(33)40(36(34)26-30,31-14-6-2-7-15-31)32-16-8-3-9-17-32/h1-26H. The van der Waals surface area contributed by atoms with Crippen LogP contribution in [0.4, 0.5) is 0 Å². The molecule has 208 valence electrons. The summed E-state index contributed by atoms with van der Waals surface area (Å²) in [5, 5.41) is 0.165. The Hall–Kier alpha value is -5.38. The van der Waals surface area contributed by atoms with E-state index in [4.69, 9.17) is 16.6 Å². The third-order valence-corrected chi connectivity index (χ3v) is 8.74. The van der Waals surface area contributed by atoms with Gasteiger partial charge in [-0.05, 0) is 62.2 Å². The molecule has 7 aromatic rings. The molecule has 0 unspecified atom stereocenters.